The summed E-state index contributed by atoms with van der Waals surface area (Å²) < 4.78 is 25.8. The molecule has 0 aliphatic heterocycles. The van der Waals surface area contributed by atoms with Crippen LogP contribution in [0.4, 0.5) is 11.4 Å². The number of carbonyl (C=O) groups excluding carboxylic acids is 1. The van der Waals surface area contributed by atoms with Gasteiger partial charge >= 0.3 is 0 Å². The molecule has 5 nitrogen and oxygen atoms in total. The van der Waals surface area contributed by atoms with Crippen molar-refractivity contribution in [3.63, 3.8) is 0 Å². The third-order valence-corrected chi connectivity index (χ3v) is 5.71. The van der Waals surface area contributed by atoms with Gasteiger partial charge in [-0.05, 0) is 42.6 Å². The first-order valence-electron chi connectivity index (χ1n) is 8.31. The highest BCUT2D eigenvalue weighted by molar-refractivity contribution is 7.92. The summed E-state index contributed by atoms with van der Waals surface area (Å²) in [6.07, 6.45) is 1.07. The van der Waals surface area contributed by atoms with E-state index in [2.05, 4.69) is 5.32 Å². The number of nitrogens with zero attached hydrogens (tertiary/aromatic N) is 1. The zero-order valence-corrected chi connectivity index (χ0v) is 16.5. The molecule has 27 heavy (non-hydrogen) atoms. The van der Waals surface area contributed by atoms with Crippen LogP contribution >= 0.6 is 11.6 Å². The number of carbonyl (C=O) groups is 1. The van der Waals surface area contributed by atoms with Crippen LogP contribution in [0.15, 0.2) is 66.7 Å². The van der Waals surface area contributed by atoms with Crippen LogP contribution in [0.2, 0.25) is 5.02 Å². The quantitative estimate of drug-likeness (QED) is 0.692. The Bertz CT molecular complexity index is 1080. The van der Waals surface area contributed by atoms with Crippen LogP contribution in [-0.2, 0) is 14.8 Å². The van der Waals surface area contributed by atoms with Gasteiger partial charge in [-0.15, -0.1) is 0 Å². The minimum Gasteiger partial charge on any atom is -0.324 e. The smallest absolute Gasteiger partial charge is 0.248 e. The largest absolute Gasteiger partial charge is 0.324 e. The van der Waals surface area contributed by atoms with Crippen molar-refractivity contribution in [1.82, 2.24) is 0 Å². The second-order valence-corrected chi connectivity index (χ2v) is 8.52. The second-order valence-electron chi connectivity index (χ2n) is 6.23. The molecule has 0 spiro atoms. The van der Waals surface area contributed by atoms with Crippen molar-refractivity contribution in [2.75, 3.05) is 15.9 Å². The summed E-state index contributed by atoms with van der Waals surface area (Å²) in [5.41, 5.74) is 1.01. The van der Waals surface area contributed by atoms with E-state index in [0.717, 1.165) is 21.3 Å². The van der Waals surface area contributed by atoms with Crippen LogP contribution in [-0.4, -0.2) is 26.6 Å². The van der Waals surface area contributed by atoms with Gasteiger partial charge in [0.1, 0.15) is 6.04 Å². The SMILES string of the molecule is CC(C(=O)Nc1cccc2ccccc12)N(c1ccc(Cl)cc1)S(C)(=O)=O. The van der Waals surface area contributed by atoms with Gasteiger partial charge < -0.3 is 5.32 Å². The molecule has 0 aliphatic rings. The number of nitrogens with one attached hydrogen (secondary N) is 1. The van der Waals surface area contributed by atoms with Crippen molar-refractivity contribution in [1.29, 1.82) is 0 Å². The number of sulfonamides is 1. The van der Waals surface area contributed by atoms with E-state index in [-0.39, 0.29) is 0 Å². The van der Waals surface area contributed by atoms with Crippen molar-refractivity contribution in [2.45, 2.75) is 13.0 Å². The van der Waals surface area contributed by atoms with E-state index in [1.54, 1.807) is 37.3 Å². The van der Waals surface area contributed by atoms with E-state index < -0.39 is 22.0 Å². The first-order chi connectivity index (χ1) is 12.8. The van der Waals surface area contributed by atoms with E-state index in [0.29, 0.717) is 16.4 Å². The number of anilines is 2. The van der Waals surface area contributed by atoms with E-state index in [1.807, 2.05) is 36.4 Å². The van der Waals surface area contributed by atoms with Gasteiger partial charge in [0.25, 0.3) is 0 Å². The minimum absolute atomic E-state index is 0.377. The fourth-order valence-electron chi connectivity index (χ4n) is 2.97. The molecule has 3 aromatic carbocycles. The molecule has 7 heteroatoms. The summed E-state index contributed by atoms with van der Waals surface area (Å²) in [6.45, 7) is 1.55. The van der Waals surface area contributed by atoms with Gasteiger partial charge in [-0.3, -0.25) is 9.10 Å². The Balaban J connectivity index is 1.93. The van der Waals surface area contributed by atoms with Gasteiger partial charge in [-0.25, -0.2) is 8.42 Å². The average Bonchev–Trinajstić information content (AvgIpc) is 2.62. The van der Waals surface area contributed by atoms with E-state index in [4.69, 9.17) is 11.6 Å². The van der Waals surface area contributed by atoms with Gasteiger partial charge in [0.15, 0.2) is 0 Å². The fourth-order valence-corrected chi connectivity index (χ4v) is 4.27. The zero-order chi connectivity index (χ0) is 19.6. The molecule has 0 aromatic heterocycles. The molecule has 0 bridgehead atoms. The number of hydrogen-bond acceptors (Lipinski definition) is 3. The zero-order valence-electron chi connectivity index (χ0n) is 14.9. The predicted molar refractivity (Wildman–Crippen MR) is 111 cm³/mol. The van der Waals surface area contributed by atoms with Gasteiger partial charge in [-0.1, -0.05) is 48.0 Å². The molecular formula is C20H19ClN2O3S. The Morgan fingerprint density at radius 3 is 2.30 bits per heavy atom. The number of amides is 1. The maximum Gasteiger partial charge on any atom is 0.248 e. The average molecular weight is 403 g/mol. The lowest BCUT2D eigenvalue weighted by Gasteiger charge is -2.28. The predicted octanol–water partition coefficient (Wildman–Crippen LogP) is 4.29. The van der Waals surface area contributed by atoms with Crippen LogP contribution < -0.4 is 9.62 Å². The summed E-state index contributed by atoms with van der Waals surface area (Å²) in [5.74, 6) is -0.424. The van der Waals surface area contributed by atoms with Gasteiger partial charge in [0.05, 0.1) is 11.9 Å². The van der Waals surface area contributed by atoms with E-state index in [9.17, 15) is 13.2 Å². The number of hydrogen-bond donors (Lipinski definition) is 1. The molecule has 3 rings (SSSR count). The van der Waals surface area contributed by atoms with Crippen LogP contribution in [0.1, 0.15) is 6.92 Å². The van der Waals surface area contributed by atoms with Gasteiger partial charge in [0, 0.05) is 16.1 Å². The Kier molecular flexibility index (Phi) is 5.39. The van der Waals surface area contributed by atoms with Crippen LogP contribution in [0.3, 0.4) is 0 Å². The topological polar surface area (TPSA) is 66.5 Å². The van der Waals surface area contributed by atoms with Gasteiger partial charge in [0.2, 0.25) is 15.9 Å². The van der Waals surface area contributed by atoms with Crippen LogP contribution in [0, 0.1) is 0 Å². The van der Waals surface area contributed by atoms with E-state index in [1.165, 1.54) is 0 Å². The van der Waals surface area contributed by atoms with Gasteiger partial charge in [-0.2, -0.15) is 0 Å². The lowest BCUT2D eigenvalue weighted by Crippen LogP contribution is -2.45. The second kappa shape index (κ2) is 7.58. The fraction of sp³-hybridized carbons (Fsp3) is 0.150. The number of halogens is 1. The molecule has 0 saturated carbocycles. The highest BCUT2D eigenvalue weighted by Gasteiger charge is 2.29. The lowest BCUT2D eigenvalue weighted by molar-refractivity contribution is -0.116. The normalized spacial score (nSPS) is 12.6. The Morgan fingerprint density at radius 2 is 1.63 bits per heavy atom. The molecule has 0 fully saturated rings. The molecule has 1 N–H and O–H groups in total. The molecule has 0 aliphatic carbocycles. The maximum atomic E-state index is 12.8. The Morgan fingerprint density at radius 1 is 1.00 bits per heavy atom. The van der Waals surface area contributed by atoms with Crippen molar-refractivity contribution in [2.24, 2.45) is 0 Å². The molecule has 1 unspecified atom stereocenters. The van der Waals surface area contributed by atoms with Crippen molar-refractivity contribution < 1.29 is 13.2 Å². The summed E-state index contributed by atoms with van der Waals surface area (Å²) in [5, 5.41) is 5.21. The summed E-state index contributed by atoms with van der Waals surface area (Å²) in [7, 11) is -3.68. The molecule has 1 atom stereocenters. The third kappa shape index (κ3) is 4.23. The van der Waals surface area contributed by atoms with E-state index >= 15 is 0 Å². The Labute approximate surface area is 163 Å². The molecule has 140 valence electrons. The molecular weight excluding hydrogens is 384 g/mol. The summed E-state index contributed by atoms with van der Waals surface area (Å²) >= 11 is 5.89. The van der Waals surface area contributed by atoms with Crippen molar-refractivity contribution >= 4 is 49.7 Å². The highest BCUT2D eigenvalue weighted by Crippen LogP contribution is 2.26. The number of benzene rings is 3. The number of rotatable bonds is 5. The van der Waals surface area contributed by atoms with Crippen LogP contribution in [0.25, 0.3) is 10.8 Å². The number of fused-ring (bicyclic) bond motifs is 1. The Hall–Kier alpha value is -2.57. The highest BCUT2D eigenvalue weighted by atomic mass is 35.5. The maximum absolute atomic E-state index is 12.8. The lowest BCUT2D eigenvalue weighted by atomic mass is 10.1. The minimum atomic E-state index is -3.68. The summed E-state index contributed by atoms with van der Waals surface area (Å²) in [6, 6.07) is 18.6. The first-order valence-corrected chi connectivity index (χ1v) is 10.5. The van der Waals surface area contributed by atoms with Crippen molar-refractivity contribution in [3.8, 4) is 0 Å². The molecule has 0 saturated heterocycles. The molecule has 0 radical (unpaired) electrons. The summed E-state index contributed by atoms with van der Waals surface area (Å²) in [4.78, 5) is 12.8. The molecule has 1 amide bonds. The molecule has 3 aromatic rings. The monoisotopic (exact) mass is 402 g/mol. The van der Waals surface area contributed by atoms with Crippen LogP contribution in [0.5, 0.6) is 0 Å². The first kappa shape index (κ1) is 19.2. The standard InChI is InChI=1S/C20H19ClN2O3S/c1-14(23(27(2,25)26)17-12-10-16(21)11-13-17)20(24)22-19-9-5-7-15-6-3-4-8-18(15)19/h3-14H,1-2H3,(H,22,24). The molecule has 0 heterocycles. The van der Waals surface area contributed by atoms with Crippen molar-refractivity contribution in [3.05, 3.63) is 71.8 Å². The third-order valence-electron chi connectivity index (χ3n) is 4.22.